The van der Waals surface area contributed by atoms with Gasteiger partial charge in [-0.05, 0) is 42.7 Å². The van der Waals surface area contributed by atoms with Crippen LogP contribution in [0.25, 0.3) is 11.3 Å². The van der Waals surface area contributed by atoms with Crippen molar-refractivity contribution in [2.45, 2.75) is 45.1 Å². The number of ether oxygens (including phenoxy) is 1. The zero-order chi connectivity index (χ0) is 30.5. The average molecular weight is 604 g/mol. The molecule has 5 rings (SSSR count). The van der Waals surface area contributed by atoms with Crippen LogP contribution >= 0.6 is 11.3 Å². The zero-order valence-electron chi connectivity index (χ0n) is 23.9. The highest BCUT2D eigenvalue weighted by Crippen LogP contribution is 2.36. The third-order valence-corrected chi connectivity index (χ3v) is 8.31. The highest BCUT2D eigenvalue weighted by molar-refractivity contribution is 7.14. The Morgan fingerprint density at radius 1 is 1.09 bits per heavy atom. The third-order valence-electron chi connectivity index (χ3n) is 7.55. The van der Waals surface area contributed by atoms with Crippen LogP contribution in [-0.4, -0.2) is 61.8 Å². The van der Waals surface area contributed by atoms with Gasteiger partial charge in [-0.2, -0.15) is 0 Å². The summed E-state index contributed by atoms with van der Waals surface area (Å²) < 4.78 is 6.69. The summed E-state index contributed by atoms with van der Waals surface area (Å²) in [6, 6.07) is 14.6. The lowest BCUT2D eigenvalue weighted by Crippen LogP contribution is -2.35. The largest absolute Gasteiger partial charge is 0.493 e. The molecule has 12 heteroatoms. The van der Waals surface area contributed by atoms with Gasteiger partial charge >= 0.3 is 5.69 Å². The molecule has 4 aromatic rings. The fourth-order valence-electron chi connectivity index (χ4n) is 5.15. The molecule has 1 aliphatic rings. The quantitative estimate of drug-likeness (QED) is 0.213. The van der Waals surface area contributed by atoms with Crippen molar-refractivity contribution in [1.29, 1.82) is 0 Å². The number of hydrogen-bond donors (Lipinski definition) is 3. The lowest BCUT2D eigenvalue weighted by molar-refractivity contribution is -0.132. The molecule has 3 heterocycles. The van der Waals surface area contributed by atoms with E-state index in [9.17, 15) is 24.3 Å². The van der Waals surface area contributed by atoms with Gasteiger partial charge in [0, 0.05) is 36.4 Å². The molecule has 2 amide bonds. The standard InChI is InChI=1S/C31H33N5O6S/c1-3-24(37)23-18-43-30(32-23)34-28(39)27(19(2)20-9-5-4-6-10-20)36-29(40)26(33-31(36)41)21-11-13-22(14-12-21)42-17-25(38)35-15-7-8-16-35/h4-6,9-14,18-19,27,40H,3,7-8,15-17H2,1-2H3,(H,33,41)(H,32,34,39)/t19-,27-/m0/s1. The molecule has 2 aromatic carbocycles. The van der Waals surface area contributed by atoms with Gasteiger partial charge in [0.05, 0.1) is 0 Å². The molecule has 1 saturated heterocycles. The minimum absolute atomic E-state index is 0.0663. The Bertz CT molecular complexity index is 1650. The van der Waals surface area contributed by atoms with Crippen molar-refractivity contribution in [2.75, 3.05) is 25.0 Å². The Labute approximate surface area is 252 Å². The minimum Gasteiger partial charge on any atom is -0.493 e. The number of H-pyrrole nitrogens is 1. The van der Waals surface area contributed by atoms with E-state index < -0.39 is 29.4 Å². The molecule has 0 saturated carbocycles. The summed E-state index contributed by atoms with van der Waals surface area (Å²) in [5.74, 6) is -1.26. The van der Waals surface area contributed by atoms with Crippen LogP contribution < -0.4 is 15.7 Å². The van der Waals surface area contributed by atoms with Gasteiger partial charge in [-0.25, -0.2) is 14.3 Å². The van der Waals surface area contributed by atoms with Gasteiger partial charge in [0.1, 0.15) is 23.2 Å². The smallest absolute Gasteiger partial charge is 0.329 e. The molecule has 43 heavy (non-hydrogen) atoms. The lowest BCUT2D eigenvalue weighted by atomic mass is 9.92. The Hall–Kier alpha value is -4.71. The SMILES string of the molecule is CCC(=O)c1csc(NC(=O)[C@H]([C@@H](C)c2ccccc2)n2c(O)c(-c3ccc(OCC(=O)N4CCCC4)cc3)[nH]c2=O)n1. The maximum absolute atomic E-state index is 13.7. The van der Waals surface area contributed by atoms with Crippen molar-refractivity contribution < 1.29 is 24.2 Å². The first-order chi connectivity index (χ1) is 20.8. The van der Waals surface area contributed by atoms with Crippen LogP contribution in [0.1, 0.15) is 61.1 Å². The number of imidazole rings is 1. The average Bonchev–Trinajstić information content (AvgIpc) is 3.79. The second-order valence-corrected chi connectivity index (χ2v) is 11.2. The van der Waals surface area contributed by atoms with E-state index in [-0.39, 0.29) is 41.2 Å². The first-order valence-electron chi connectivity index (χ1n) is 14.2. The second-order valence-electron chi connectivity index (χ2n) is 10.3. The Balaban J connectivity index is 1.41. The summed E-state index contributed by atoms with van der Waals surface area (Å²) in [5, 5.41) is 15.9. The van der Waals surface area contributed by atoms with E-state index in [1.807, 2.05) is 30.3 Å². The van der Waals surface area contributed by atoms with Crippen molar-refractivity contribution >= 4 is 34.1 Å². The van der Waals surface area contributed by atoms with Crippen LogP contribution in [0.5, 0.6) is 11.6 Å². The van der Waals surface area contributed by atoms with Crippen molar-refractivity contribution in [3.8, 4) is 22.9 Å². The third kappa shape index (κ3) is 6.54. The molecule has 0 bridgehead atoms. The van der Waals surface area contributed by atoms with E-state index in [0.717, 1.165) is 47.4 Å². The number of carbonyl (C=O) groups excluding carboxylic acids is 3. The van der Waals surface area contributed by atoms with Crippen molar-refractivity contribution in [1.82, 2.24) is 19.4 Å². The van der Waals surface area contributed by atoms with E-state index in [0.29, 0.717) is 11.3 Å². The summed E-state index contributed by atoms with van der Waals surface area (Å²) in [6.07, 6.45) is 2.28. The van der Waals surface area contributed by atoms with E-state index in [1.54, 1.807) is 48.4 Å². The van der Waals surface area contributed by atoms with Gasteiger partial charge < -0.3 is 25.0 Å². The number of ketones is 1. The van der Waals surface area contributed by atoms with E-state index in [1.165, 1.54) is 0 Å². The molecule has 0 unspecified atom stereocenters. The first kappa shape index (κ1) is 29.8. The van der Waals surface area contributed by atoms with Gasteiger partial charge in [0.15, 0.2) is 17.5 Å². The molecule has 1 aliphatic heterocycles. The van der Waals surface area contributed by atoms with E-state index in [4.69, 9.17) is 4.74 Å². The molecule has 2 atom stereocenters. The fourth-order valence-corrected chi connectivity index (χ4v) is 5.86. The highest BCUT2D eigenvalue weighted by Gasteiger charge is 2.34. The van der Waals surface area contributed by atoms with Gasteiger partial charge in [0.2, 0.25) is 11.8 Å². The Morgan fingerprint density at radius 3 is 2.47 bits per heavy atom. The lowest BCUT2D eigenvalue weighted by Gasteiger charge is -2.24. The number of thiazole rings is 1. The van der Waals surface area contributed by atoms with Crippen LogP contribution in [0.2, 0.25) is 0 Å². The van der Waals surface area contributed by atoms with Crippen LogP contribution in [0, 0.1) is 0 Å². The van der Waals surface area contributed by atoms with Crippen LogP contribution in [0.3, 0.4) is 0 Å². The first-order valence-corrected chi connectivity index (χ1v) is 15.0. The highest BCUT2D eigenvalue weighted by atomic mass is 32.1. The number of amides is 2. The number of likely N-dealkylation sites (tertiary alicyclic amines) is 1. The van der Waals surface area contributed by atoms with E-state index in [2.05, 4.69) is 15.3 Å². The van der Waals surface area contributed by atoms with Gasteiger partial charge in [-0.15, -0.1) is 11.3 Å². The summed E-state index contributed by atoms with van der Waals surface area (Å²) in [5.41, 5.74) is 0.983. The number of aromatic amines is 1. The molecule has 0 aliphatic carbocycles. The van der Waals surface area contributed by atoms with E-state index >= 15 is 0 Å². The molecule has 224 valence electrons. The summed E-state index contributed by atoms with van der Waals surface area (Å²) >= 11 is 1.11. The fraction of sp³-hybridized carbons (Fsp3) is 0.323. The molecular weight excluding hydrogens is 570 g/mol. The molecule has 11 nitrogen and oxygen atoms in total. The zero-order valence-corrected chi connectivity index (χ0v) is 24.7. The number of nitrogens with one attached hydrogen (secondary N) is 2. The number of carbonyl (C=O) groups is 3. The van der Waals surface area contributed by atoms with Gasteiger partial charge in [0.25, 0.3) is 5.91 Å². The number of hydrogen-bond acceptors (Lipinski definition) is 8. The number of nitrogens with zero attached hydrogens (tertiary/aromatic N) is 3. The van der Waals surface area contributed by atoms with Gasteiger partial charge in [-0.3, -0.25) is 14.4 Å². The maximum atomic E-state index is 13.7. The minimum atomic E-state index is -1.16. The van der Waals surface area contributed by atoms with Gasteiger partial charge in [-0.1, -0.05) is 44.2 Å². The van der Waals surface area contributed by atoms with Crippen LogP contribution in [-0.2, 0) is 9.59 Å². The summed E-state index contributed by atoms with van der Waals surface area (Å²) in [4.78, 5) is 60.1. The number of aromatic hydroxyl groups is 1. The second kappa shape index (κ2) is 13.1. The monoisotopic (exact) mass is 603 g/mol. The van der Waals surface area contributed by atoms with Crippen molar-refractivity contribution in [3.63, 3.8) is 0 Å². The van der Waals surface area contributed by atoms with Crippen molar-refractivity contribution in [3.05, 3.63) is 81.7 Å². The molecule has 2 aromatic heterocycles. The maximum Gasteiger partial charge on any atom is 0.329 e. The molecule has 1 fully saturated rings. The normalized spacial score (nSPS) is 14.3. The Kier molecular flexibility index (Phi) is 9.05. The predicted octanol–water partition coefficient (Wildman–Crippen LogP) is 4.58. The van der Waals surface area contributed by atoms with Crippen molar-refractivity contribution in [2.24, 2.45) is 0 Å². The summed E-state index contributed by atoms with van der Waals surface area (Å²) in [7, 11) is 0. The molecule has 3 N–H and O–H groups in total. The van der Waals surface area contributed by atoms with Crippen LogP contribution in [0.4, 0.5) is 5.13 Å². The summed E-state index contributed by atoms with van der Waals surface area (Å²) in [6.45, 7) is 4.94. The topological polar surface area (TPSA) is 147 Å². The number of rotatable bonds is 11. The van der Waals surface area contributed by atoms with Crippen LogP contribution in [0.15, 0.2) is 64.8 Å². The number of aromatic nitrogens is 3. The number of Topliss-reactive ketones (excluding diaryl/α,β-unsaturated/α-hetero) is 1. The Morgan fingerprint density at radius 2 is 1.79 bits per heavy atom. The molecule has 0 radical (unpaired) electrons. The molecule has 0 spiro atoms. The predicted molar refractivity (Wildman–Crippen MR) is 163 cm³/mol. The number of anilines is 1. The molecular formula is C31H33N5O6S. The number of benzene rings is 2.